The normalized spacial score (nSPS) is 9.62. The molecule has 0 spiro atoms. The average molecular weight is 285 g/mol. The van der Waals surface area contributed by atoms with Gasteiger partial charge in [-0.25, -0.2) is 9.37 Å². The molecule has 0 bridgehead atoms. The van der Waals surface area contributed by atoms with Crippen LogP contribution in [0, 0.1) is 17.7 Å². The molecule has 0 atom stereocenters. The number of aliphatic hydroxyl groups is 1. The monoisotopic (exact) mass is 285 g/mol. The molecular weight excluding hydrogens is 273 g/mol. The number of hydrogen-bond acceptors (Lipinski definition) is 4. The molecule has 1 heterocycles. The van der Waals surface area contributed by atoms with Gasteiger partial charge in [0, 0.05) is 24.5 Å². The molecule has 6 heteroatoms. The number of nitrogens with zero attached hydrogens (tertiary/aromatic N) is 2. The van der Waals surface area contributed by atoms with Crippen LogP contribution in [-0.4, -0.2) is 27.6 Å². The molecule has 0 fully saturated rings. The SMILES string of the molecule is O=C(Nc1ccc(F)c(C#CCCO)c1)c1cnccn1. The Hall–Kier alpha value is -2.78. The molecule has 0 aliphatic heterocycles. The van der Waals surface area contributed by atoms with Crippen LogP contribution in [0.1, 0.15) is 22.5 Å². The van der Waals surface area contributed by atoms with Crippen molar-refractivity contribution < 1.29 is 14.3 Å². The Morgan fingerprint density at radius 3 is 2.95 bits per heavy atom. The van der Waals surface area contributed by atoms with Gasteiger partial charge in [-0.3, -0.25) is 9.78 Å². The number of anilines is 1. The zero-order valence-electron chi connectivity index (χ0n) is 11.0. The van der Waals surface area contributed by atoms with E-state index in [1.807, 2.05) is 0 Å². The Morgan fingerprint density at radius 1 is 1.38 bits per heavy atom. The number of aromatic nitrogens is 2. The minimum absolute atomic E-state index is 0.0856. The third-order valence-corrected chi connectivity index (χ3v) is 2.48. The van der Waals surface area contributed by atoms with E-state index >= 15 is 0 Å². The van der Waals surface area contributed by atoms with Crippen molar-refractivity contribution in [1.29, 1.82) is 0 Å². The molecule has 0 saturated heterocycles. The quantitative estimate of drug-likeness (QED) is 0.840. The summed E-state index contributed by atoms with van der Waals surface area (Å²) in [5, 5.41) is 11.2. The van der Waals surface area contributed by atoms with Crippen LogP contribution in [0.25, 0.3) is 0 Å². The molecule has 106 valence electrons. The summed E-state index contributed by atoms with van der Waals surface area (Å²) >= 11 is 0. The van der Waals surface area contributed by atoms with E-state index in [2.05, 4.69) is 27.1 Å². The summed E-state index contributed by atoms with van der Waals surface area (Å²) in [6.07, 6.45) is 4.46. The number of carbonyl (C=O) groups is 1. The highest BCUT2D eigenvalue weighted by atomic mass is 19.1. The Kier molecular flexibility index (Phi) is 4.96. The van der Waals surface area contributed by atoms with E-state index in [4.69, 9.17) is 5.11 Å². The first-order valence-electron chi connectivity index (χ1n) is 6.17. The van der Waals surface area contributed by atoms with Crippen molar-refractivity contribution in [3.63, 3.8) is 0 Å². The van der Waals surface area contributed by atoms with Gasteiger partial charge in [0.1, 0.15) is 11.5 Å². The molecule has 0 saturated carbocycles. The van der Waals surface area contributed by atoms with Gasteiger partial charge >= 0.3 is 0 Å². The number of carbonyl (C=O) groups excluding carboxylic acids is 1. The van der Waals surface area contributed by atoms with Crippen LogP contribution < -0.4 is 5.32 Å². The van der Waals surface area contributed by atoms with Crippen LogP contribution >= 0.6 is 0 Å². The van der Waals surface area contributed by atoms with Crippen molar-refractivity contribution in [2.75, 3.05) is 11.9 Å². The second-order valence-electron chi connectivity index (χ2n) is 4.01. The molecular formula is C15H12FN3O2. The van der Waals surface area contributed by atoms with Gasteiger partial charge in [-0.15, -0.1) is 0 Å². The molecule has 2 N–H and O–H groups in total. The van der Waals surface area contributed by atoms with E-state index < -0.39 is 11.7 Å². The lowest BCUT2D eigenvalue weighted by Crippen LogP contribution is -2.13. The van der Waals surface area contributed by atoms with E-state index in [1.54, 1.807) is 0 Å². The van der Waals surface area contributed by atoms with Crippen molar-refractivity contribution in [2.45, 2.75) is 6.42 Å². The highest BCUT2D eigenvalue weighted by molar-refractivity contribution is 6.02. The molecule has 2 rings (SSSR count). The predicted molar refractivity (Wildman–Crippen MR) is 75.0 cm³/mol. The topological polar surface area (TPSA) is 75.1 Å². The molecule has 0 aliphatic carbocycles. The lowest BCUT2D eigenvalue weighted by atomic mass is 10.2. The summed E-state index contributed by atoms with van der Waals surface area (Å²) in [6, 6.07) is 4.07. The van der Waals surface area contributed by atoms with Gasteiger partial charge in [-0.2, -0.15) is 0 Å². The highest BCUT2D eigenvalue weighted by Gasteiger charge is 2.08. The fraction of sp³-hybridized carbons (Fsp3) is 0.133. The second kappa shape index (κ2) is 7.12. The summed E-state index contributed by atoms with van der Waals surface area (Å²) < 4.78 is 13.6. The number of nitrogens with one attached hydrogen (secondary N) is 1. The summed E-state index contributed by atoms with van der Waals surface area (Å²) in [5.41, 5.74) is 0.718. The summed E-state index contributed by atoms with van der Waals surface area (Å²) in [5.74, 6) is 4.30. The maximum Gasteiger partial charge on any atom is 0.275 e. The second-order valence-corrected chi connectivity index (χ2v) is 4.01. The van der Waals surface area contributed by atoms with Crippen LogP contribution in [0.3, 0.4) is 0 Å². The molecule has 1 aromatic heterocycles. The van der Waals surface area contributed by atoms with E-state index in [1.165, 1.54) is 36.8 Å². The van der Waals surface area contributed by atoms with Crippen LogP contribution in [0.2, 0.25) is 0 Å². The predicted octanol–water partition coefficient (Wildman–Crippen LogP) is 1.60. The number of rotatable bonds is 3. The minimum Gasteiger partial charge on any atom is -0.395 e. The van der Waals surface area contributed by atoms with Crippen molar-refractivity contribution in [3.8, 4) is 11.8 Å². The Bertz CT molecular complexity index is 693. The van der Waals surface area contributed by atoms with E-state index in [0.29, 0.717) is 5.69 Å². The molecule has 1 aromatic carbocycles. The number of aliphatic hydroxyl groups excluding tert-OH is 1. The molecule has 2 aromatic rings. The Labute approximate surface area is 120 Å². The largest absolute Gasteiger partial charge is 0.395 e. The summed E-state index contributed by atoms with van der Waals surface area (Å²) in [4.78, 5) is 19.6. The molecule has 0 radical (unpaired) electrons. The zero-order chi connectivity index (χ0) is 15.1. The van der Waals surface area contributed by atoms with Crippen molar-refractivity contribution >= 4 is 11.6 Å². The van der Waals surface area contributed by atoms with Gasteiger partial charge in [-0.1, -0.05) is 11.8 Å². The summed E-state index contributed by atoms with van der Waals surface area (Å²) in [6.45, 7) is -0.0856. The first kappa shape index (κ1) is 14.6. The Balaban J connectivity index is 2.16. The lowest BCUT2D eigenvalue weighted by molar-refractivity contribution is 0.102. The van der Waals surface area contributed by atoms with Gasteiger partial charge in [0.25, 0.3) is 5.91 Å². The van der Waals surface area contributed by atoms with Crippen LogP contribution in [-0.2, 0) is 0 Å². The maximum absolute atomic E-state index is 13.6. The third-order valence-electron chi connectivity index (χ3n) is 2.48. The van der Waals surface area contributed by atoms with Crippen molar-refractivity contribution in [3.05, 3.63) is 53.9 Å². The fourth-order valence-corrected chi connectivity index (χ4v) is 1.52. The number of benzene rings is 1. The van der Waals surface area contributed by atoms with E-state index in [0.717, 1.165) is 0 Å². The standard InChI is InChI=1S/C15H12FN3O2/c16-13-5-4-12(9-11(13)3-1-2-8-20)19-15(21)14-10-17-6-7-18-14/h4-7,9-10,20H,2,8H2,(H,19,21). The van der Waals surface area contributed by atoms with Gasteiger partial charge < -0.3 is 10.4 Å². The summed E-state index contributed by atoms with van der Waals surface area (Å²) in [7, 11) is 0. The van der Waals surface area contributed by atoms with Crippen molar-refractivity contribution in [2.24, 2.45) is 0 Å². The zero-order valence-corrected chi connectivity index (χ0v) is 11.0. The van der Waals surface area contributed by atoms with E-state index in [9.17, 15) is 9.18 Å². The molecule has 0 aliphatic rings. The third kappa shape index (κ3) is 4.09. The highest BCUT2D eigenvalue weighted by Crippen LogP contribution is 2.14. The first-order valence-corrected chi connectivity index (χ1v) is 6.17. The van der Waals surface area contributed by atoms with Crippen LogP contribution in [0.15, 0.2) is 36.8 Å². The lowest BCUT2D eigenvalue weighted by Gasteiger charge is -2.05. The maximum atomic E-state index is 13.6. The average Bonchev–Trinajstić information content (AvgIpc) is 2.51. The first-order chi connectivity index (χ1) is 10.2. The van der Waals surface area contributed by atoms with Gasteiger partial charge in [0.2, 0.25) is 0 Å². The number of amides is 1. The smallest absolute Gasteiger partial charge is 0.275 e. The van der Waals surface area contributed by atoms with Crippen LogP contribution in [0.4, 0.5) is 10.1 Å². The number of hydrogen-bond donors (Lipinski definition) is 2. The van der Waals surface area contributed by atoms with Crippen molar-refractivity contribution in [1.82, 2.24) is 9.97 Å². The minimum atomic E-state index is -0.488. The molecule has 0 unspecified atom stereocenters. The molecule has 21 heavy (non-hydrogen) atoms. The van der Waals surface area contributed by atoms with Crippen LogP contribution in [0.5, 0.6) is 0 Å². The van der Waals surface area contributed by atoms with Gasteiger partial charge in [0.15, 0.2) is 0 Å². The van der Waals surface area contributed by atoms with Gasteiger partial charge in [0.05, 0.1) is 18.4 Å². The Morgan fingerprint density at radius 2 is 2.24 bits per heavy atom. The molecule has 1 amide bonds. The van der Waals surface area contributed by atoms with E-state index in [-0.39, 0.29) is 24.3 Å². The number of halogens is 1. The molecule has 5 nitrogen and oxygen atoms in total. The van der Waals surface area contributed by atoms with Gasteiger partial charge in [-0.05, 0) is 18.2 Å². The fourth-order valence-electron chi connectivity index (χ4n) is 1.52.